The maximum absolute atomic E-state index is 5.04. The predicted octanol–water partition coefficient (Wildman–Crippen LogP) is 10.0. The van der Waals surface area contributed by atoms with Gasteiger partial charge in [-0.15, -0.1) is 0 Å². The van der Waals surface area contributed by atoms with E-state index in [1.165, 1.54) is 37.9 Å². The first kappa shape index (κ1) is 30.6. The summed E-state index contributed by atoms with van der Waals surface area (Å²) in [4.78, 5) is 0. The van der Waals surface area contributed by atoms with Crippen LogP contribution in [0.2, 0.25) is 13.1 Å². The summed E-state index contributed by atoms with van der Waals surface area (Å²) in [5.74, 6) is -1.53. The van der Waals surface area contributed by atoms with Gasteiger partial charge in [0.05, 0.1) is 0 Å². The molecule has 0 amide bonds. The Balaban J connectivity index is 2.03. The summed E-state index contributed by atoms with van der Waals surface area (Å²) >= 11 is -1.07. The van der Waals surface area contributed by atoms with Crippen LogP contribution >= 0.6 is 15.9 Å². The SMILES string of the molecule is CC1=Cc2c(Br)cccc2[CH]1[Zr]([CH2]c1ccccc1)([CH2]c1ccccc1)([CH2]c1ccccc1)([NH]C(C)(C)C)[SiH](C)C. The van der Waals surface area contributed by atoms with E-state index in [9.17, 15) is 0 Å². The predicted molar refractivity (Wildman–Crippen MR) is 183 cm³/mol. The van der Waals surface area contributed by atoms with Crippen LogP contribution in [0.4, 0.5) is 0 Å². The van der Waals surface area contributed by atoms with Gasteiger partial charge in [-0.05, 0) is 0 Å². The molecule has 1 N–H and O–H groups in total. The Morgan fingerprint density at radius 2 is 1.12 bits per heavy atom. The number of hydrogen-bond acceptors (Lipinski definition) is 1. The molecule has 1 atom stereocenters. The first-order valence-electron chi connectivity index (χ1n) is 15.2. The van der Waals surface area contributed by atoms with E-state index in [-0.39, 0.29) is 5.54 Å². The fourth-order valence-electron chi connectivity index (χ4n) is 9.42. The molecular weight excluding hydrogens is 658 g/mol. The molecule has 0 radical (unpaired) electrons. The molecule has 1 unspecified atom stereocenters. The van der Waals surface area contributed by atoms with Gasteiger partial charge in [0.1, 0.15) is 0 Å². The van der Waals surface area contributed by atoms with Gasteiger partial charge in [-0.2, -0.15) is 0 Å². The van der Waals surface area contributed by atoms with Crippen LogP contribution in [0.25, 0.3) is 6.08 Å². The van der Waals surface area contributed by atoms with Crippen molar-refractivity contribution >= 4 is 27.9 Å². The Morgan fingerprint density at radius 3 is 1.51 bits per heavy atom. The summed E-state index contributed by atoms with van der Waals surface area (Å²) < 4.78 is 9.86. The molecule has 0 saturated heterocycles. The second-order valence-corrected chi connectivity index (χ2v) is 56.3. The molecule has 0 heterocycles. The number of rotatable bonds is 9. The summed E-state index contributed by atoms with van der Waals surface area (Å²) in [6, 6.07) is 41.4. The van der Waals surface area contributed by atoms with Gasteiger partial charge in [0, 0.05) is 0 Å². The monoisotopic (exact) mass is 701 g/mol. The maximum atomic E-state index is 4.88. The Kier molecular flexibility index (Phi) is 8.23. The third-order valence-electron chi connectivity index (χ3n) is 10.5. The van der Waals surface area contributed by atoms with Crippen molar-refractivity contribution in [2.24, 2.45) is 0 Å². The van der Waals surface area contributed by atoms with Crippen molar-refractivity contribution in [3.8, 4) is 0 Å². The van der Waals surface area contributed by atoms with E-state index in [0.29, 0.717) is 3.63 Å². The van der Waals surface area contributed by atoms with E-state index in [2.05, 4.69) is 172 Å². The first-order chi connectivity index (χ1) is 19.4. The zero-order valence-electron chi connectivity index (χ0n) is 25.6. The van der Waals surface area contributed by atoms with E-state index in [1.54, 1.807) is 0 Å². The summed E-state index contributed by atoms with van der Waals surface area (Å²) in [6.45, 7) is 15.1. The summed E-state index contributed by atoms with van der Waals surface area (Å²) in [5, 5.41) is 0. The van der Waals surface area contributed by atoms with Gasteiger partial charge < -0.3 is 0 Å². The van der Waals surface area contributed by atoms with Crippen LogP contribution in [0.3, 0.4) is 0 Å². The van der Waals surface area contributed by atoms with Crippen molar-refractivity contribution in [3.63, 3.8) is 0 Å². The van der Waals surface area contributed by atoms with Gasteiger partial charge in [-0.3, -0.25) is 0 Å². The molecule has 0 saturated carbocycles. The molecule has 0 aromatic heterocycles. The van der Waals surface area contributed by atoms with Crippen molar-refractivity contribution in [3.05, 3.63) is 147 Å². The molecule has 4 aromatic rings. The molecule has 4 aromatic carbocycles. The van der Waals surface area contributed by atoms with E-state index < -0.39 is 22.7 Å². The van der Waals surface area contributed by atoms with Crippen LogP contribution in [-0.4, -0.2) is 11.5 Å². The Labute approximate surface area is 255 Å². The van der Waals surface area contributed by atoms with Crippen molar-refractivity contribution in [1.29, 1.82) is 0 Å². The number of benzene rings is 4. The van der Waals surface area contributed by atoms with Crippen LogP contribution in [-0.2, 0) is 29.1 Å². The molecule has 0 bridgehead atoms. The zero-order valence-corrected chi connectivity index (χ0v) is 30.8. The topological polar surface area (TPSA) is 12.0 Å². The molecule has 214 valence electrons. The van der Waals surface area contributed by atoms with Crippen LogP contribution in [0.5, 0.6) is 0 Å². The molecular formula is C37H46BrNSiZr. The van der Waals surface area contributed by atoms with Gasteiger partial charge in [0.2, 0.25) is 0 Å². The molecule has 41 heavy (non-hydrogen) atoms. The minimum absolute atomic E-state index is 0.0674. The number of hydrogen-bond donors (Lipinski definition) is 1. The molecule has 1 aliphatic carbocycles. The second-order valence-electron chi connectivity index (χ2n) is 14.5. The average Bonchev–Trinajstić information content (AvgIpc) is 3.28. The Hall–Kier alpha value is -1.84. The van der Waals surface area contributed by atoms with Gasteiger partial charge in [0.15, 0.2) is 0 Å². The number of halogens is 1. The summed E-state index contributed by atoms with van der Waals surface area (Å²) in [5.41, 5.74) is 8.80. The van der Waals surface area contributed by atoms with Crippen molar-refractivity contribution < 1.29 is 16.7 Å². The van der Waals surface area contributed by atoms with Crippen molar-refractivity contribution in [2.45, 2.75) is 62.3 Å². The van der Waals surface area contributed by atoms with Crippen LogP contribution in [0, 0.1) is 0 Å². The van der Waals surface area contributed by atoms with Gasteiger partial charge >= 0.3 is 257 Å². The number of allylic oxidation sites excluding steroid dienone is 1. The van der Waals surface area contributed by atoms with E-state index in [0.717, 1.165) is 12.4 Å². The standard InChI is InChI=1S/C10H8Br.3C7H7.C4H10N.C2H7Si.Zr/c1-7-5-8-3-2-4-10(11)9(8)6-7;3*1-7-5-3-2-4-6-7;1-4(2,3)5;1-3-2;/h2-6H,1H3;3*2-6H,1H2;5H,1-3H3;3H,1-2H3;/q;;;;-1;;+1. The molecule has 0 aliphatic heterocycles. The molecule has 5 rings (SSSR count). The van der Waals surface area contributed by atoms with Crippen LogP contribution in [0.1, 0.15) is 59.1 Å². The quantitative estimate of drug-likeness (QED) is 0.171. The fraction of sp³-hybridized carbons (Fsp3) is 0.297. The first-order valence-corrected chi connectivity index (χ1v) is 31.0. The molecule has 4 heteroatoms. The van der Waals surface area contributed by atoms with E-state index in [1.807, 2.05) is 0 Å². The Morgan fingerprint density at radius 1 is 0.683 bits per heavy atom. The number of nitrogens with one attached hydrogen (secondary N) is 1. The normalized spacial score (nSPS) is 17.1. The summed E-state index contributed by atoms with van der Waals surface area (Å²) in [7, 11) is 0. The van der Waals surface area contributed by atoms with Crippen molar-refractivity contribution in [2.75, 3.05) is 0 Å². The zero-order chi connectivity index (χ0) is 29.4. The third kappa shape index (κ3) is 5.29. The van der Waals surface area contributed by atoms with Crippen molar-refractivity contribution in [1.82, 2.24) is 3.26 Å². The molecule has 0 fully saturated rings. The van der Waals surface area contributed by atoms with Gasteiger partial charge in [0.25, 0.3) is 0 Å². The summed E-state index contributed by atoms with van der Waals surface area (Å²) in [6.07, 6.45) is 2.51. The average molecular weight is 704 g/mol. The number of fused-ring (bicyclic) bond motifs is 1. The molecule has 1 nitrogen and oxygen atoms in total. The fourth-order valence-corrected chi connectivity index (χ4v) is 64.8. The Bertz CT molecular complexity index is 1450. The van der Waals surface area contributed by atoms with Gasteiger partial charge in [-0.1, -0.05) is 0 Å². The van der Waals surface area contributed by atoms with Crippen LogP contribution in [0.15, 0.2) is 119 Å². The second kappa shape index (κ2) is 11.0. The third-order valence-corrected chi connectivity index (χ3v) is 69.9. The van der Waals surface area contributed by atoms with Gasteiger partial charge in [-0.25, -0.2) is 0 Å². The molecule has 0 spiro atoms. The molecule has 1 aliphatic rings. The van der Waals surface area contributed by atoms with Crippen LogP contribution < -0.4 is 3.26 Å². The van der Waals surface area contributed by atoms with E-state index >= 15 is 0 Å². The van der Waals surface area contributed by atoms with E-state index in [4.69, 9.17) is 3.26 Å². The minimum atomic E-state index is -5.04.